The van der Waals surface area contributed by atoms with E-state index >= 15 is 0 Å². The molecule has 178 valence electrons. The molecule has 0 aliphatic heterocycles. The second-order valence-corrected chi connectivity index (χ2v) is 8.34. The lowest BCUT2D eigenvalue weighted by molar-refractivity contribution is -0.137. The van der Waals surface area contributed by atoms with Gasteiger partial charge in [0.1, 0.15) is 0 Å². The maximum atomic E-state index is 12.6. The zero-order valence-electron chi connectivity index (χ0n) is 19.1. The SMILES string of the molecule is CCOC(=O)/C=C/c1ccc(NC(=O)CSc2nnc(-c3ccco3)n2Cc2ccccc2)cc1. The van der Waals surface area contributed by atoms with E-state index < -0.39 is 5.97 Å². The van der Waals surface area contributed by atoms with Gasteiger partial charge in [-0.05, 0) is 48.4 Å². The number of nitrogens with zero attached hydrogens (tertiary/aromatic N) is 3. The van der Waals surface area contributed by atoms with Gasteiger partial charge in [0.15, 0.2) is 10.9 Å². The quantitative estimate of drug-likeness (QED) is 0.193. The lowest BCUT2D eigenvalue weighted by atomic mass is 10.2. The highest BCUT2D eigenvalue weighted by Crippen LogP contribution is 2.25. The number of hydrogen-bond donors (Lipinski definition) is 1. The minimum atomic E-state index is -0.391. The lowest BCUT2D eigenvalue weighted by Crippen LogP contribution is -2.14. The molecule has 2 aromatic heterocycles. The number of carbonyl (C=O) groups is 2. The molecule has 0 unspecified atom stereocenters. The standard InChI is InChI=1S/C26H24N4O4S/c1-2-33-24(32)15-12-19-10-13-21(14-11-19)27-23(31)18-35-26-29-28-25(22-9-6-16-34-22)30(26)17-20-7-4-3-5-8-20/h3-16H,2,17-18H2,1H3,(H,27,31)/b15-12+. The summed E-state index contributed by atoms with van der Waals surface area (Å²) in [5.74, 6) is 0.821. The van der Waals surface area contributed by atoms with Gasteiger partial charge in [0.2, 0.25) is 11.7 Å². The van der Waals surface area contributed by atoms with Crippen molar-refractivity contribution < 1.29 is 18.7 Å². The van der Waals surface area contributed by atoms with Crippen LogP contribution in [0.25, 0.3) is 17.7 Å². The summed E-state index contributed by atoms with van der Waals surface area (Å²) in [6, 6.07) is 20.8. The molecule has 0 atom stereocenters. The lowest BCUT2D eigenvalue weighted by Gasteiger charge is -2.10. The molecule has 1 N–H and O–H groups in total. The molecule has 0 fully saturated rings. The van der Waals surface area contributed by atoms with Crippen LogP contribution in [0.4, 0.5) is 5.69 Å². The van der Waals surface area contributed by atoms with E-state index in [-0.39, 0.29) is 11.7 Å². The number of thioether (sulfide) groups is 1. The number of anilines is 1. The summed E-state index contributed by atoms with van der Waals surface area (Å²) in [5.41, 5.74) is 2.57. The minimum Gasteiger partial charge on any atom is -0.463 e. The summed E-state index contributed by atoms with van der Waals surface area (Å²) in [7, 11) is 0. The van der Waals surface area contributed by atoms with E-state index in [1.165, 1.54) is 17.8 Å². The van der Waals surface area contributed by atoms with Crippen molar-refractivity contribution in [1.82, 2.24) is 14.8 Å². The molecule has 0 spiro atoms. The fourth-order valence-corrected chi connectivity index (χ4v) is 3.99. The molecule has 9 heteroatoms. The largest absolute Gasteiger partial charge is 0.463 e. The predicted molar refractivity (Wildman–Crippen MR) is 135 cm³/mol. The first-order valence-electron chi connectivity index (χ1n) is 11.0. The van der Waals surface area contributed by atoms with Gasteiger partial charge in [-0.2, -0.15) is 0 Å². The second-order valence-electron chi connectivity index (χ2n) is 7.40. The topological polar surface area (TPSA) is 99.2 Å². The molecule has 8 nitrogen and oxygen atoms in total. The van der Waals surface area contributed by atoms with E-state index in [1.54, 1.807) is 37.5 Å². The van der Waals surface area contributed by atoms with Crippen molar-refractivity contribution in [3.05, 3.63) is 90.2 Å². The number of ether oxygens (including phenoxy) is 1. The number of amides is 1. The van der Waals surface area contributed by atoms with Crippen LogP contribution in [0.2, 0.25) is 0 Å². The summed E-state index contributed by atoms with van der Waals surface area (Å²) in [6.45, 7) is 2.64. The summed E-state index contributed by atoms with van der Waals surface area (Å²) in [5, 5.41) is 12.1. The van der Waals surface area contributed by atoms with Crippen LogP contribution in [-0.4, -0.2) is 39.0 Å². The molecule has 0 aliphatic carbocycles. The van der Waals surface area contributed by atoms with Crippen molar-refractivity contribution in [3.63, 3.8) is 0 Å². The third-order valence-electron chi connectivity index (χ3n) is 4.87. The van der Waals surface area contributed by atoms with Gasteiger partial charge in [-0.1, -0.05) is 54.2 Å². The van der Waals surface area contributed by atoms with Crippen LogP contribution in [-0.2, 0) is 20.9 Å². The van der Waals surface area contributed by atoms with Crippen molar-refractivity contribution >= 4 is 35.4 Å². The Morgan fingerprint density at radius 3 is 2.57 bits per heavy atom. The minimum absolute atomic E-state index is 0.162. The average Bonchev–Trinajstić information content (AvgIpc) is 3.53. The number of nitrogens with one attached hydrogen (secondary N) is 1. The summed E-state index contributed by atoms with van der Waals surface area (Å²) in [4.78, 5) is 24.0. The third kappa shape index (κ3) is 6.70. The molecule has 0 saturated carbocycles. The third-order valence-corrected chi connectivity index (χ3v) is 5.83. The predicted octanol–water partition coefficient (Wildman–Crippen LogP) is 4.89. The number of carbonyl (C=O) groups excluding carboxylic acids is 2. The first-order valence-corrected chi connectivity index (χ1v) is 12.0. The van der Waals surface area contributed by atoms with E-state index in [0.29, 0.717) is 35.6 Å². The zero-order valence-corrected chi connectivity index (χ0v) is 19.9. The molecule has 0 radical (unpaired) electrons. The van der Waals surface area contributed by atoms with E-state index in [9.17, 15) is 9.59 Å². The number of aromatic nitrogens is 3. The summed E-state index contributed by atoms with van der Waals surface area (Å²) in [6.07, 6.45) is 4.63. The fourth-order valence-electron chi connectivity index (χ4n) is 3.25. The monoisotopic (exact) mass is 488 g/mol. The Hall–Kier alpha value is -4.11. The van der Waals surface area contributed by atoms with E-state index in [0.717, 1.165) is 11.1 Å². The van der Waals surface area contributed by atoms with Crippen LogP contribution in [0.15, 0.2) is 88.6 Å². The Morgan fingerprint density at radius 2 is 1.86 bits per heavy atom. The van der Waals surface area contributed by atoms with E-state index in [4.69, 9.17) is 9.15 Å². The van der Waals surface area contributed by atoms with Crippen LogP contribution in [0.5, 0.6) is 0 Å². The highest BCUT2D eigenvalue weighted by Gasteiger charge is 2.18. The second kappa shape index (κ2) is 11.8. The molecular weight excluding hydrogens is 464 g/mol. The van der Waals surface area contributed by atoms with Gasteiger partial charge < -0.3 is 14.5 Å². The highest BCUT2D eigenvalue weighted by atomic mass is 32.2. The summed E-state index contributed by atoms with van der Waals surface area (Å²) >= 11 is 1.30. The van der Waals surface area contributed by atoms with Crippen LogP contribution in [0.3, 0.4) is 0 Å². The smallest absolute Gasteiger partial charge is 0.330 e. The fraction of sp³-hybridized carbons (Fsp3) is 0.154. The molecule has 0 saturated heterocycles. The maximum absolute atomic E-state index is 12.6. The first kappa shape index (κ1) is 24.0. The van der Waals surface area contributed by atoms with Gasteiger partial charge in [0.05, 0.1) is 25.2 Å². The number of esters is 1. The van der Waals surface area contributed by atoms with E-state index in [2.05, 4.69) is 15.5 Å². The Kier molecular flexibility index (Phi) is 8.13. The van der Waals surface area contributed by atoms with Crippen molar-refractivity contribution in [1.29, 1.82) is 0 Å². The Morgan fingerprint density at radius 1 is 1.06 bits per heavy atom. The van der Waals surface area contributed by atoms with Crippen molar-refractivity contribution in [2.24, 2.45) is 0 Å². The number of hydrogen-bond acceptors (Lipinski definition) is 7. The molecule has 35 heavy (non-hydrogen) atoms. The van der Waals surface area contributed by atoms with Crippen molar-refractivity contribution in [2.75, 3.05) is 17.7 Å². The van der Waals surface area contributed by atoms with Crippen LogP contribution in [0.1, 0.15) is 18.1 Å². The average molecular weight is 489 g/mol. The zero-order chi connectivity index (χ0) is 24.5. The van der Waals surface area contributed by atoms with Gasteiger partial charge in [-0.25, -0.2) is 4.79 Å². The van der Waals surface area contributed by atoms with Crippen LogP contribution < -0.4 is 5.32 Å². The highest BCUT2D eigenvalue weighted by molar-refractivity contribution is 7.99. The Balaban J connectivity index is 1.39. The molecule has 4 rings (SSSR count). The normalized spacial score (nSPS) is 11.0. The molecule has 4 aromatic rings. The van der Waals surface area contributed by atoms with Gasteiger partial charge in [0.25, 0.3) is 0 Å². The van der Waals surface area contributed by atoms with Crippen LogP contribution in [0, 0.1) is 0 Å². The molecular formula is C26H24N4O4S. The molecule has 0 bridgehead atoms. The summed E-state index contributed by atoms with van der Waals surface area (Å²) < 4.78 is 12.3. The molecule has 2 heterocycles. The van der Waals surface area contributed by atoms with Crippen LogP contribution >= 0.6 is 11.8 Å². The molecule has 0 aliphatic rings. The number of benzene rings is 2. The van der Waals surface area contributed by atoms with Gasteiger partial charge >= 0.3 is 5.97 Å². The maximum Gasteiger partial charge on any atom is 0.330 e. The Bertz CT molecular complexity index is 1280. The molecule has 2 aromatic carbocycles. The molecule has 1 amide bonds. The van der Waals surface area contributed by atoms with Gasteiger partial charge in [-0.15, -0.1) is 10.2 Å². The van der Waals surface area contributed by atoms with Gasteiger partial charge in [0, 0.05) is 11.8 Å². The number of rotatable bonds is 10. The van der Waals surface area contributed by atoms with E-state index in [1.807, 2.05) is 53.1 Å². The Labute approximate surface area is 207 Å². The van der Waals surface area contributed by atoms with Crippen molar-refractivity contribution in [3.8, 4) is 11.6 Å². The van der Waals surface area contributed by atoms with Crippen molar-refractivity contribution in [2.45, 2.75) is 18.6 Å². The first-order chi connectivity index (χ1) is 17.1. The number of furan rings is 1. The van der Waals surface area contributed by atoms with Gasteiger partial charge in [-0.3, -0.25) is 9.36 Å².